The number of azo groups is 1. The molecule has 0 radical (unpaired) electrons. The number of benzene rings is 3. The first-order valence-corrected chi connectivity index (χ1v) is 11.1. The van der Waals surface area contributed by atoms with Crippen molar-refractivity contribution >= 4 is 39.5 Å². The second-order valence-corrected chi connectivity index (χ2v) is 8.42. The first-order chi connectivity index (χ1) is 15.9. The van der Waals surface area contributed by atoms with Gasteiger partial charge in [0, 0.05) is 4.47 Å². The van der Waals surface area contributed by atoms with Crippen LogP contribution in [0.1, 0.15) is 5.56 Å². The largest absolute Gasteiger partial charge is 0.497 e. The van der Waals surface area contributed by atoms with Crippen LogP contribution < -0.4 is 10.3 Å². The van der Waals surface area contributed by atoms with Crippen molar-refractivity contribution in [2.24, 2.45) is 10.2 Å². The first-order valence-electron chi connectivity index (χ1n) is 9.89. The predicted octanol–water partition coefficient (Wildman–Crippen LogP) is 6.56. The fraction of sp³-hybridized carbons (Fsp3) is 0.0833. The third-order valence-corrected chi connectivity index (χ3v) is 5.82. The van der Waals surface area contributed by atoms with Crippen molar-refractivity contribution in [3.63, 3.8) is 0 Å². The Bertz CT molecular complexity index is 1440. The van der Waals surface area contributed by atoms with Crippen molar-refractivity contribution in [1.29, 1.82) is 0 Å². The molecule has 1 N–H and O–H groups in total. The molecule has 0 unspecified atom stereocenters. The van der Waals surface area contributed by atoms with E-state index >= 15 is 0 Å². The lowest BCUT2D eigenvalue weighted by molar-refractivity contribution is 0.414. The summed E-state index contributed by atoms with van der Waals surface area (Å²) in [4.78, 5) is 13.4. The summed E-state index contributed by atoms with van der Waals surface area (Å²) >= 11 is 9.00. The van der Waals surface area contributed by atoms with Crippen molar-refractivity contribution in [2.45, 2.75) is 6.92 Å². The Labute approximate surface area is 203 Å². The number of hydrogen-bond acceptors (Lipinski definition) is 6. The average molecular weight is 523 g/mol. The Morgan fingerprint density at radius 1 is 0.879 bits per heavy atom. The molecule has 0 saturated carbocycles. The first kappa shape index (κ1) is 22.6. The molecule has 0 saturated heterocycles. The zero-order valence-electron chi connectivity index (χ0n) is 17.8. The van der Waals surface area contributed by atoms with Gasteiger partial charge in [-0.3, -0.25) is 13.9 Å². The lowest BCUT2D eigenvalue weighted by Gasteiger charge is -2.16. The smallest absolute Gasteiger partial charge is 0.290 e. The molecular weight excluding hydrogens is 504 g/mol. The molecule has 0 bridgehead atoms. The molecule has 33 heavy (non-hydrogen) atoms. The second-order valence-electron chi connectivity index (χ2n) is 7.14. The van der Waals surface area contributed by atoms with Gasteiger partial charge in [0.05, 0.1) is 24.2 Å². The van der Waals surface area contributed by atoms with E-state index in [2.05, 4.69) is 26.2 Å². The molecule has 166 valence electrons. The van der Waals surface area contributed by atoms with E-state index in [0.29, 0.717) is 22.8 Å². The maximum atomic E-state index is 13.4. The molecule has 7 nitrogen and oxygen atoms in total. The van der Waals surface area contributed by atoms with E-state index in [-0.39, 0.29) is 16.3 Å². The van der Waals surface area contributed by atoms with E-state index in [1.165, 1.54) is 9.13 Å². The fourth-order valence-corrected chi connectivity index (χ4v) is 3.82. The van der Waals surface area contributed by atoms with Gasteiger partial charge in [-0.15, -0.1) is 5.11 Å². The fourth-order valence-electron chi connectivity index (χ4n) is 3.17. The molecule has 0 aliphatic heterocycles. The number of ether oxygens (including phenoxy) is 1. The summed E-state index contributed by atoms with van der Waals surface area (Å²) in [6, 6.07) is 21.4. The second kappa shape index (κ2) is 9.51. The lowest BCUT2D eigenvalue weighted by Crippen LogP contribution is -2.23. The van der Waals surface area contributed by atoms with Gasteiger partial charge < -0.3 is 9.84 Å². The molecular formula is C24H19BrN4O3S. The molecule has 1 heterocycles. The van der Waals surface area contributed by atoms with E-state index < -0.39 is 5.56 Å². The topological polar surface area (TPSA) is 81.1 Å². The van der Waals surface area contributed by atoms with Crippen molar-refractivity contribution in [3.8, 4) is 23.0 Å². The Hall–Kier alpha value is -3.56. The summed E-state index contributed by atoms with van der Waals surface area (Å²) < 4.78 is 8.90. The zero-order valence-corrected chi connectivity index (χ0v) is 20.2. The number of methoxy groups -OCH3 is 1. The Morgan fingerprint density at radius 3 is 2.06 bits per heavy atom. The van der Waals surface area contributed by atoms with E-state index in [9.17, 15) is 9.90 Å². The third-order valence-electron chi connectivity index (χ3n) is 4.93. The number of aromatic hydroxyl groups is 1. The number of nitrogens with zero attached hydrogens (tertiary/aromatic N) is 4. The van der Waals surface area contributed by atoms with E-state index in [1.54, 1.807) is 43.5 Å². The standard InChI is InChI=1S/C24H19BrN4O3S/c1-15-3-9-18(10-4-15)28-22(30)21(27-26-17-7-5-16(25)6-8-17)23(31)29(24(28)33)19-11-13-20(32-2)14-12-19/h3-14,30H,1-2H3. The average Bonchev–Trinajstić information content (AvgIpc) is 2.82. The summed E-state index contributed by atoms with van der Waals surface area (Å²) in [5.41, 5.74) is 1.84. The van der Waals surface area contributed by atoms with Crippen molar-refractivity contribution < 1.29 is 9.84 Å². The van der Waals surface area contributed by atoms with Crippen molar-refractivity contribution in [3.05, 3.63) is 98.0 Å². The highest BCUT2D eigenvalue weighted by atomic mass is 79.9. The molecule has 0 aliphatic carbocycles. The minimum Gasteiger partial charge on any atom is -0.497 e. The van der Waals surface area contributed by atoms with E-state index in [4.69, 9.17) is 17.0 Å². The van der Waals surface area contributed by atoms with Crippen LogP contribution in [0.5, 0.6) is 11.6 Å². The Morgan fingerprint density at radius 2 is 1.45 bits per heavy atom. The minimum absolute atomic E-state index is 0.0918. The molecule has 4 aromatic rings. The summed E-state index contributed by atoms with van der Waals surface area (Å²) in [7, 11) is 1.56. The van der Waals surface area contributed by atoms with Crippen molar-refractivity contribution in [1.82, 2.24) is 9.13 Å². The SMILES string of the molecule is COc1ccc(-n2c(=O)c(N=Nc3ccc(Br)cc3)c(O)n(-c3ccc(C)cc3)c2=S)cc1. The molecule has 1 aromatic heterocycles. The Balaban J connectivity index is 1.97. The highest BCUT2D eigenvalue weighted by Crippen LogP contribution is 2.29. The summed E-state index contributed by atoms with van der Waals surface area (Å²) in [6.07, 6.45) is 0. The van der Waals surface area contributed by atoms with Crippen LogP contribution in [0, 0.1) is 11.7 Å². The van der Waals surface area contributed by atoms with Gasteiger partial charge in [-0.2, -0.15) is 5.11 Å². The molecule has 3 aromatic carbocycles. The molecule has 9 heteroatoms. The van der Waals surface area contributed by atoms with Crippen LogP contribution in [0.4, 0.5) is 11.4 Å². The maximum absolute atomic E-state index is 13.4. The number of aromatic nitrogens is 2. The summed E-state index contributed by atoms with van der Waals surface area (Å²) in [5.74, 6) is 0.248. The van der Waals surface area contributed by atoms with E-state index in [1.807, 2.05) is 43.3 Å². The number of halogens is 1. The van der Waals surface area contributed by atoms with Gasteiger partial charge in [0.25, 0.3) is 5.56 Å². The molecule has 0 spiro atoms. The van der Waals surface area contributed by atoms with Crippen LogP contribution in [0.2, 0.25) is 0 Å². The van der Waals surface area contributed by atoms with Gasteiger partial charge in [-0.05, 0) is 79.8 Å². The quantitative estimate of drug-likeness (QED) is 0.237. The lowest BCUT2D eigenvalue weighted by atomic mass is 10.2. The van der Waals surface area contributed by atoms with Crippen LogP contribution in [-0.4, -0.2) is 21.4 Å². The van der Waals surface area contributed by atoms with Gasteiger partial charge in [-0.25, -0.2) is 0 Å². The summed E-state index contributed by atoms with van der Waals surface area (Å²) in [6.45, 7) is 1.96. The monoisotopic (exact) mass is 522 g/mol. The molecule has 0 amide bonds. The highest BCUT2D eigenvalue weighted by molar-refractivity contribution is 9.10. The van der Waals surface area contributed by atoms with Crippen LogP contribution in [0.3, 0.4) is 0 Å². The van der Waals surface area contributed by atoms with Crippen LogP contribution in [0.15, 0.2) is 92.3 Å². The van der Waals surface area contributed by atoms with Gasteiger partial charge in [0.1, 0.15) is 5.75 Å². The normalized spacial score (nSPS) is 11.1. The van der Waals surface area contributed by atoms with Gasteiger partial charge in [-0.1, -0.05) is 33.6 Å². The van der Waals surface area contributed by atoms with Gasteiger partial charge in [0.15, 0.2) is 4.77 Å². The number of aryl methyl sites for hydroxylation is 1. The zero-order chi connectivity index (χ0) is 23.5. The number of hydrogen-bond donors (Lipinski definition) is 1. The highest BCUT2D eigenvalue weighted by Gasteiger charge is 2.19. The molecule has 0 aliphatic rings. The van der Waals surface area contributed by atoms with Crippen LogP contribution in [0.25, 0.3) is 11.4 Å². The summed E-state index contributed by atoms with van der Waals surface area (Å²) in [5, 5.41) is 19.3. The minimum atomic E-state index is -0.591. The van der Waals surface area contributed by atoms with Gasteiger partial charge >= 0.3 is 0 Å². The number of rotatable bonds is 5. The van der Waals surface area contributed by atoms with Gasteiger partial charge in [0.2, 0.25) is 11.6 Å². The molecule has 4 rings (SSSR count). The molecule has 0 fully saturated rings. The van der Waals surface area contributed by atoms with Crippen molar-refractivity contribution in [2.75, 3.05) is 7.11 Å². The van der Waals surface area contributed by atoms with Crippen LogP contribution >= 0.6 is 28.1 Å². The third kappa shape index (κ3) is 4.64. The molecule has 0 atom stereocenters. The predicted molar refractivity (Wildman–Crippen MR) is 133 cm³/mol. The Kier molecular flexibility index (Phi) is 6.52. The van der Waals surface area contributed by atoms with E-state index in [0.717, 1.165) is 10.0 Å². The maximum Gasteiger partial charge on any atom is 0.290 e. The van der Waals surface area contributed by atoms with Crippen LogP contribution in [-0.2, 0) is 0 Å².